The molecule has 1 amide bonds. The third-order valence-electron chi connectivity index (χ3n) is 5.49. The zero-order valence-electron chi connectivity index (χ0n) is 17.4. The van der Waals surface area contributed by atoms with Crippen molar-refractivity contribution >= 4 is 22.8 Å². The first-order valence-electron chi connectivity index (χ1n) is 10.1. The van der Waals surface area contributed by atoms with Gasteiger partial charge in [0.15, 0.2) is 0 Å². The average Bonchev–Trinajstić information content (AvgIpc) is 2.73. The summed E-state index contributed by atoms with van der Waals surface area (Å²) < 4.78 is 43.7. The van der Waals surface area contributed by atoms with E-state index in [9.17, 15) is 17.8 Å². The van der Waals surface area contributed by atoms with Crippen molar-refractivity contribution in [1.29, 1.82) is 0 Å². The van der Waals surface area contributed by atoms with E-state index in [2.05, 4.69) is 4.90 Å². The Labute approximate surface area is 182 Å². The van der Waals surface area contributed by atoms with Crippen LogP contribution in [0.15, 0.2) is 59.1 Å². The lowest BCUT2D eigenvalue weighted by Crippen LogP contribution is -2.53. The molecule has 2 heterocycles. The van der Waals surface area contributed by atoms with E-state index in [1.54, 1.807) is 17.0 Å². The molecule has 1 atom stereocenters. The summed E-state index contributed by atoms with van der Waals surface area (Å²) in [5.41, 5.74) is 1.59. The van der Waals surface area contributed by atoms with Crippen molar-refractivity contribution in [3.63, 3.8) is 0 Å². The molecule has 0 aromatic heterocycles. The van der Waals surface area contributed by atoms with E-state index >= 15 is 0 Å². The molecule has 1 unspecified atom stereocenters. The highest BCUT2D eigenvalue weighted by molar-refractivity contribution is 7.85. The number of nitrogens with zero attached hydrogens (tertiary/aromatic N) is 2. The molecule has 0 N–H and O–H groups in total. The second-order valence-corrected chi connectivity index (χ2v) is 9.56. The third-order valence-corrected chi connectivity index (χ3v) is 6.53. The van der Waals surface area contributed by atoms with Crippen molar-refractivity contribution in [2.24, 2.45) is 0 Å². The molecule has 2 aliphatic heterocycles. The topological polar surface area (TPSA) is 49.9 Å². The van der Waals surface area contributed by atoms with Crippen LogP contribution in [0, 0.1) is 0 Å². The van der Waals surface area contributed by atoms with E-state index in [1.165, 1.54) is 12.1 Å². The second-order valence-electron chi connectivity index (χ2n) is 8.14. The first kappa shape index (κ1) is 21.6. The number of halogens is 2. The smallest absolute Gasteiger partial charge is 0.316 e. The maximum atomic E-state index is 13.0. The lowest BCUT2D eigenvalue weighted by Gasteiger charge is -2.42. The molecule has 0 bridgehead atoms. The first-order valence-corrected chi connectivity index (χ1v) is 11.3. The van der Waals surface area contributed by atoms with Crippen molar-refractivity contribution in [3.8, 4) is 5.75 Å². The average molecular weight is 447 g/mol. The Morgan fingerprint density at radius 3 is 2.55 bits per heavy atom. The number of hydrogen-bond donors (Lipinski definition) is 0. The van der Waals surface area contributed by atoms with Gasteiger partial charge in [-0.25, -0.2) is 4.21 Å². The van der Waals surface area contributed by atoms with Gasteiger partial charge in [-0.3, -0.25) is 9.69 Å². The summed E-state index contributed by atoms with van der Waals surface area (Å²) in [6.45, 7) is 5.93. The molecule has 0 aliphatic carbocycles. The van der Waals surface area contributed by atoms with E-state index < -0.39 is 22.2 Å². The van der Waals surface area contributed by atoms with Gasteiger partial charge in [0.05, 0.1) is 12.2 Å². The van der Waals surface area contributed by atoms with Crippen LogP contribution in [0.1, 0.15) is 25.0 Å². The summed E-state index contributed by atoms with van der Waals surface area (Å²) in [6.07, 6.45) is 1.79. The minimum absolute atomic E-state index is 0.0339. The van der Waals surface area contributed by atoms with Gasteiger partial charge in [0.25, 0.3) is 0 Å². The highest BCUT2D eigenvalue weighted by atomic mass is 32.2. The first-order chi connectivity index (χ1) is 14.7. The molecule has 2 aromatic carbocycles. The van der Waals surface area contributed by atoms with Gasteiger partial charge >= 0.3 is 5.76 Å². The van der Waals surface area contributed by atoms with Crippen LogP contribution in [0.4, 0.5) is 8.78 Å². The van der Waals surface area contributed by atoms with E-state index in [0.717, 1.165) is 5.56 Å². The predicted octanol–water partition coefficient (Wildman–Crippen LogP) is 3.87. The van der Waals surface area contributed by atoms with Gasteiger partial charge in [0.2, 0.25) is 5.91 Å². The number of benzene rings is 2. The number of piperazine rings is 1. The van der Waals surface area contributed by atoms with Gasteiger partial charge < -0.3 is 9.64 Å². The Hall–Kier alpha value is -2.58. The monoisotopic (exact) mass is 446 g/mol. The Balaban J connectivity index is 1.56. The molecule has 8 heteroatoms. The number of hydrogen-bond acceptors (Lipinski definition) is 4. The van der Waals surface area contributed by atoms with Crippen LogP contribution in [0.3, 0.4) is 0 Å². The highest BCUT2D eigenvalue weighted by Gasteiger charge is 2.38. The van der Waals surface area contributed by atoms with Gasteiger partial charge in [0.1, 0.15) is 22.2 Å². The minimum Gasteiger partial charge on any atom is -0.481 e. The molecule has 0 radical (unpaired) electrons. The van der Waals surface area contributed by atoms with E-state index in [1.807, 2.05) is 44.2 Å². The van der Waals surface area contributed by atoms with Gasteiger partial charge in [-0.05, 0) is 43.7 Å². The number of ether oxygens (including phenoxy) is 1. The fourth-order valence-electron chi connectivity index (χ4n) is 3.96. The summed E-state index contributed by atoms with van der Waals surface area (Å²) in [4.78, 5) is 16.8. The largest absolute Gasteiger partial charge is 0.481 e. The fourth-order valence-corrected chi connectivity index (χ4v) is 4.62. The molecule has 1 saturated heterocycles. The van der Waals surface area contributed by atoms with Crippen LogP contribution in [-0.2, 0) is 22.1 Å². The lowest BCUT2D eigenvalue weighted by atomic mass is 9.96. The molecule has 0 spiro atoms. The number of amides is 1. The molecule has 2 aromatic rings. The molecule has 1 fully saturated rings. The summed E-state index contributed by atoms with van der Waals surface area (Å²) in [5.74, 6) is -2.48. The maximum Gasteiger partial charge on any atom is 0.316 e. The van der Waals surface area contributed by atoms with Crippen molar-refractivity contribution in [1.82, 2.24) is 9.80 Å². The zero-order valence-corrected chi connectivity index (χ0v) is 18.2. The molecule has 5 nitrogen and oxygen atoms in total. The van der Waals surface area contributed by atoms with Crippen molar-refractivity contribution in [2.75, 3.05) is 19.6 Å². The lowest BCUT2D eigenvalue weighted by molar-refractivity contribution is -0.135. The van der Waals surface area contributed by atoms with Crippen LogP contribution in [-0.4, -0.2) is 50.9 Å². The molecular weight excluding hydrogens is 422 g/mol. The summed E-state index contributed by atoms with van der Waals surface area (Å²) in [5, 5.41) is 0. The normalized spacial score (nSPS) is 19.6. The maximum absolute atomic E-state index is 13.0. The molecular formula is C23H24F2N2O3S. The second kappa shape index (κ2) is 8.51. The standard InChI is InChI=1S/C23H24F2N2O3S/c1-23(2)20(13-17-12-18(31(29)22(24)25)8-9-19(17)30-23)27-11-10-26(15-21(27)28)14-16-6-4-3-5-7-16/h3-9,12-13,22H,10-11,14-15H2,1-2H3. The number of rotatable bonds is 5. The summed E-state index contributed by atoms with van der Waals surface area (Å²) in [6, 6.07) is 14.4. The SMILES string of the molecule is CC1(C)Oc2ccc(S(=O)C(F)F)cc2C=C1N1CCN(Cc2ccccc2)CC1=O. The van der Waals surface area contributed by atoms with Crippen molar-refractivity contribution < 1.29 is 22.5 Å². The number of carbonyl (C=O) groups is 1. The summed E-state index contributed by atoms with van der Waals surface area (Å²) in [7, 11) is -2.40. The van der Waals surface area contributed by atoms with Gasteiger partial charge in [-0.1, -0.05) is 30.3 Å². The molecule has 164 valence electrons. The van der Waals surface area contributed by atoms with Crippen LogP contribution in [0.25, 0.3) is 6.08 Å². The summed E-state index contributed by atoms with van der Waals surface area (Å²) >= 11 is 0. The Bertz CT molecular complexity index is 1040. The van der Waals surface area contributed by atoms with E-state index in [4.69, 9.17) is 4.74 Å². The van der Waals surface area contributed by atoms with Gasteiger partial charge in [-0.2, -0.15) is 8.78 Å². The van der Waals surface area contributed by atoms with Crippen molar-refractivity contribution in [3.05, 3.63) is 65.4 Å². The van der Waals surface area contributed by atoms with Crippen LogP contribution >= 0.6 is 0 Å². The van der Waals surface area contributed by atoms with Crippen molar-refractivity contribution in [2.45, 2.75) is 36.6 Å². The van der Waals surface area contributed by atoms with Gasteiger partial charge in [-0.15, -0.1) is 0 Å². The quantitative estimate of drug-likeness (QED) is 0.700. The number of carbonyl (C=O) groups excluding carboxylic acids is 1. The minimum atomic E-state index is -2.96. The number of alkyl halides is 2. The predicted molar refractivity (Wildman–Crippen MR) is 115 cm³/mol. The van der Waals surface area contributed by atoms with Crippen LogP contribution in [0.5, 0.6) is 5.75 Å². The molecule has 2 aliphatic rings. The number of fused-ring (bicyclic) bond motifs is 1. The van der Waals surface area contributed by atoms with Crippen LogP contribution in [0.2, 0.25) is 0 Å². The highest BCUT2D eigenvalue weighted by Crippen LogP contribution is 2.38. The van der Waals surface area contributed by atoms with Gasteiger partial charge in [0, 0.05) is 30.1 Å². The zero-order chi connectivity index (χ0) is 22.2. The Kier molecular flexibility index (Phi) is 5.94. The Morgan fingerprint density at radius 2 is 1.87 bits per heavy atom. The molecule has 4 rings (SSSR count). The Morgan fingerprint density at radius 1 is 1.13 bits per heavy atom. The van der Waals surface area contributed by atoms with E-state index in [0.29, 0.717) is 36.6 Å². The molecule has 31 heavy (non-hydrogen) atoms. The third kappa shape index (κ3) is 4.55. The molecule has 0 saturated carbocycles. The fraction of sp³-hybridized carbons (Fsp3) is 0.348. The van der Waals surface area contributed by atoms with E-state index in [-0.39, 0.29) is 17.3 Å². The van der Waals surface area contributed by atoms with Crippen LogP contribution < -0.4 is 4.74 Å².